The van der Waals surface area contributed by atoms with Crippen LogP contribution < -0.4 is 10.6 Å². The van der Waals surface area contributed by atoms with Crippen molar-refractivity contribution in [2.75, 3.05) is 6.54 Å². The minimum atomic E-state index is -0.299. The normalized spacial score (nSPS) is 22.2. The van der Waals surface area contributed by atoms with E-state index in [2.05, 4.69) is 16.7 Å². The first-order valence-electron chi connectivity index (χ1n) is 10.6. The number of hydrogen-bond acceptors (Lipinski definition) is 2. The van der Waals surface area contributed by atoms with Gasteiger partial charge >= 0.3 is 0 Å². The second kappa shape index (κ2) is 10.4. The minimum absolute atomic E-state index is 0.0101. The lowest BCUT2D eigenvalue weighted by Gasteiger charge is -2.27. The Bertz CT molecular complexity index is 708. The van der Waals surface area contributed by atoms with Crippen LogP contribution in [0.5, 0.6) is 0 Å². The predicted octanol–water partition coefficient (Wildman–Crippen LogP) is 4.26. The highest BCUT2D eigenvalue weighted by Gasteiger charge is 2.29. The molecule has 0 bridgehead atoms. The second-order valence-corrected chi connectivity index (χ2v) is 8.01. The Morgan fingerprint density at radius 1 is 0.964 bits per heavy atom. The fraction of sp³-hybridized carbons (Fsp3) is 0.565. The molecule has 1 saturated carbocycles. The third-order valence-electron chi connectivity index (χ3n) is 6.01. The quantitative estimate of drug-likeness (QED) is 0.688. The van der Waals surface area contributed by atoms with Crippen molar-refractivity contribution in [3.8, 4) is 0 Å². The van der Waals surface area contributed by atoms with E-state index >= 15 is 0 Å². The Labute approximate surface area is 167 Å². The second-order valence-electron chi connectivity index (χ2n) is 8.01. The summed E-state index contributed by atoms with van der Waals surface area (Å²) < 4.78 is 13.6. The van der Waals surface area contributed by atoms with Crippen LogP contribution in [0, 0.1) is 17.7 Å². The highest BCUT2D eigenvalue weighted by atomic mass is 19.1. The Morgan fingerprint density at radius 3 is 2.29 bits per heavy atom. The summed E-state index contributed by atoms with van der Waals surface area (Å²) in [5.41, 5.74) is 1.97. The summed E-state index contributed by atoms with van der Waals surface area (Å²) in [5.74, 6) is -0.278. The molecule has 2 aliphatic rings. The monoisotopic (exact) mass is 386 g/mol. The predicted molar refractivity (Wildman–Crippen MR) is 108 cm³/mol. The van der Waals surface area contributed by atoms with Gasteiger partial charge in [-0.3, -0.25) is 9.59 Å². The van der Waals surface area contributed by atoms with Crippen LogP contribution in [0.3, 0.4) is 0 Å². The van der Waals surface area contributed by atoms with Gasteiger partial charge in [-0.1, -0.05) is 29.8 Å². The maximum Gasteiger partial charge on any atom is 0.223 e. The van der Waals surface area contributed by atoms with Crippen molar-refractivity contribution in [1.82, 2.24) is 10.6 Å². The van der Waals surface area contributed by atoms with Gasteiger partial charge in [-0.25, -0.2) is 4.39 Å². The lowest BCUT2D eigenvalue weighted by Crippen LogP contribution is -2.37. The highest BCUT2D eigenvalue weighted by Crippen LogP contribution is 2.29. The molecule has 0 aromatic heterocycles. The molecule has 0 aliphatic heterocycles. The topological polar surface area (TPSA) is 58.2 Å². The van der Waals surface area contributed by atoms with E-state index < -0.39 is 0 Å². The molecular weight excluding hydrogens is 355 g/mol. The summed E-state index contributed by atoms with van der Waals surface area (Å²) in [6.07, 6.45) is 11.1. The van der Waals surface area contributed by atoms with Crippen LogP contribution in [0.15, 0.2) is 35.9 Å². The highest BCUT2D eigenvalue weighted by molar-refractivity contribution is 5.81. The van der Waals surface area contributed by atoms with Crippen LogP contribution in [0.2, 0.25) is 0 Å². The molecule has 0 heterocycles. The van der Waals surface area contributed by atoms with Gasteiger partial charge in [-0.15, -0.1) is 0 Å². The van der Waals surface area contributed by atoms with Gasteiger partial charge in [0.1, 0.15) is 5.82 Å². The van der Waals surface area contributed by atoms with Crippen LogP contribution in [0.1, 0.15) is 63.4 Å². The van der Waals surface area contributed by atoms with Crippen LogP contribution in [0.4, 0.5) is 4.39 Å². The number of carbonyl (C=O) groups is 2. The molecule has 0 radical (unpaired) electrons. The number of carbonyl (C=O) groups excluding carboxylic acids is 2. The SMILES string of the molecule is O=C(NCCC1=CCCCC1)C1CCC(C(=O)NCc2ccccc2F)CC1. The van der Waals surface area contributed by atoms with E-state index in [0.29, 0.717) is 24.9 Å². The molecule has 1 aromatic carbocycles. The van der Waals surface area contributed by atoms with E-state index in [1.807, 2.05) is 0 Å². The average Bonchev–Trinajstić information content (AvgIpc) is 2.74. The number of halogens is 1. The standard InChI is InChI=1S/C23H31FN2O2/c24-21-9-5-4-8-20(21)16-26-23(28)19-12-10-18(11-13-19)22(27)25-15-14-17-6-2-1-3-7-17/h4-6,8-9,18-19H,1-3,7,10-16H2,(H,25,27)(H,26,28). The molecule has 1 aromatic rings. The van der Waals surface area contributed by atoms with Gasteiger partial charge in [-0.05, 0) is 63.9 Å². The van der Waals surface area contributed by atoms with Gasteiger partial charge < -0.3 is 10.6 Å². The lowest BCUT2D eigenvalue weighted by molar-refractivity contribution is -0.130. The summed E-state index contributed by atoms with van der Waals surface area (Å²) in [6.45, 7) is 0.926. The maximum absolute atomic E-state index is 13.6. The van der Waals surface area contributed by atoms with Gasteiger partial charge in [0.15, 0.2) is 0 Å². The van der Waals surface area contributed by atoms with E-state index in [9.17, 15) is 14.0 Å². The zero-order valence-electron chi connectivity index (χ0n) is 16.5. The molecule has 2 N–H and O–H groups in total. The van der Waals surface area contributed by atoms with Crippen molar-refractivity contribution in [3.05, 3.63) is 47.3 Å². The summed E-state index contributed by atoms with van der Waals surface area (Å²) in [4.78, 5) is 24.8. The summed E-state index contributed by atoms with van der Waals surface area (Å²) in [5, 5.41) is 5.91. The third-order valence-corrected chi connectivity index (χ3v) is 6.01. The van der Waals surface area contributed by atoms with Gasteiger partial charge in [0.25, 0.3) is 0 Å². The van der Waals surface area contributed by atoms with Gasteiger partial charge in [0, 0.05) is 30.5 Å². The first-order chi connectivity index (χ1) is 13.6. The van der Waals surface area contributed by atoms with E-state index in [0.717, 1.165) is 19.3 Å². The maximum atomic E-state index is 13.6. The number of amides is 2. The molecule has 28 heavy (non-hydrogen) atoms. The molecule has 0 atom stereocenters. The molecule has 2 amide bonds. The smallest absolute Gasteiger partial charge is 0.223 e. The molecule has 0 saturated heterocycles. The molecule has 3 rings (SSSR count). The summed E-state index contributed by atoms with van der Waals surface area (Å²) in [7, 11) is 0. The molecule has 1 fully saturated rings. The van der Waals surface area contributed by atoms with Gasteiger partial charge in [0.2, 0.25) is 11.8 Å². The van der Waals surface area contributed by atoms with E-state index in [1.165, 1.54) is 37.3 Å². The number of benzene rings is 1. The first-order valence-corrected chi connectivity index (χ1v) is 10.6. The zero-order chi connectivity index (χ0) is 19.8. The minimum Gasteiger partial charge on any atom is -0.356 e. The van der Waals surface area contributed by atoms with Crippen LogP contribution in [-0.4, -0.2) is 18.4 Å². The van der Waals surface area contributed by atoms with Crippen molar-refractivity contribution in [2.24, 2.45) is 11.8 Å². The van der Waals surface area contributed by atoms with E-state index in [4.69, 9.17) is 0 Å². The van der Waals surface area contributed by atoms with Crippen LogP contribution in [0.25, 0.3) is 0 Å². The van der Waals surface area contributed by atoms with Crippen molar-refractivity contribution < 1.29 is 14.0 Å². The molecular formula is C23H31FN2O2. The first kappa shape index (κ1) is 20.6. The fourth-order valence-corrected chi connectivity index (χ4v) is 4.21. The Balaban J connectivity index is 1.35. The largest absolute Gasteiger partial charge is 0.356 e. The van der Waals surface area contributed by atoms with Crippen LogP contribution >= 0.6 is 0 Å². The molecule has 5 heteroatoms. The number of allylic oxidation sites excluding steroid dienone is 1. The van der Waals surface area contributed by atoms with E-state index in [1.54, 1.807) is 18.2 Å². The Morgan fingerprint density at radius 2 is 1.64 bits per heavy atom. The Hall–Kier alpha value is -2.17. The molecule has 152 valence electrons. The number of rotatable bonds is 7. The average molecular weight is 387 g/mol. The summed E-state index contributed by atoms with van der Waals surface area (Å²) >= 11 is 0. The lowest BCUT2D eigenvalue weighted by atomic mass is 9.81. The van der Waals surface area contributed by atoms with Crippen molar-refractivity contribution in [3.63, 3.8) is 0 Å². The zero-order valence-corrected chi connectivity index (χ0v) is 16.5. The number of hydrogen-bond donors (Lipinski definition) is 2. The Kier molecular flexibility index (Phi) is 7.63. The van der Waals surface area contributed by atoms with Gasteiger partial charge in [-0.2, -0.15) is 0 Å². The molecule has 0 unspecified atom stereocenters. The van der Waals surface area contributed by atoms with Crippen LogP contribution in [-0.2, 0) is 16.1 Å². The van der Waals surface area contributed by atoms with Gasteiger partial charge in [0.05, 0.1) is 0 Å². The molecule has 4 nitrogen and oxygen atoms in total. The van der Waals surface area contributed by atoms with Crippen molar-refractivity contribution in [1.29, 1.82) is 0 Å². The fourth-order valence-electron chi connectivity index (χ4n) is 4.21. The summed E-state index contributed by atoms with van der Waals surface area (Å²) in [6, 6.07) is 6.48. The van der Waals surface area contributed by atoms with E-state index in [-0.39, 0.29) is 36.0 Å². The molecule has 0 spiro atoms. The van der Waals surface area contributed by atoms with Crippen molar-refractivity contribution in [2.45, 2.75) is 64.3 Å². The van der Waals surface area contributed by atoms with Crippen molar-refractivity contribution >= 4 is 11.8 Å². The number of nitrogens with one attached hydrogen (secondary N) is 2. The third kappa shape index (κ3) is 5.91. The molecule has 2 aliphatic carbocycles.